The molecule has 3 atom stereocenters. The van der Waals surface area contributed by atoms with Crippen molar-refractivity contribution in [2.45, 2.75) is 51.7 Å². The van der Waals surface area contributed by atoms with Gasteiger partial charge in [-0.3, -0.25) is 19.1 Å². The minimum atomic E-state index is -1.10. The van der Waals surface area contributed by atoms with Crippen molar-refractivity contribution in [3.8, 4) is 0 Å². The molecule has 1 N–H and O–H groups in total. The predicted octanol–water partition coefficient (Wildman–Crippen LogP) is 2.48. The average molecular weight is 498 g/mol. The lowest BCUT2D eigenvalue weighted by Gasteiger charge is -2.20. The molecule has 2 heterocycles. The largest absolute Gasteiger partial charge is 0.463 e. The first-order valence-electron chi connectivity index (χ1n) is 11.2. The minimum Gasteiger partial charge on any atom is -0.463 e. The fraction of sp³-hybridized carbons (Fsp3) is 0.522. The molecule has 1 aromatic carbocycles. The average Bonchev–Trinajstić information content (AvgIpc) is 3.23. The first-order chi connectivity index (χ1) is 16.3. The Bertz CT molecular complexity index is 1070. The summed E-state index contributed by atoms with van der Waals surface area (Å²) in [6, 6.07) is 7.12. The smallest absolute Gasteiger partial charge is 0.330 e. The topological polar surface area (TPSA) is 103 Å². The van der Waals surface area contributed by atoms with Crippen LogP contribution in [-0.2, 0) is 25.6 Å². The van der Waals surface area contributed by atoms with E-state index in [2.05, 4.69) is 4.90 Å². The SMILES string of the molecule is CCN(CC)CCC(=O)OC[C@H]1O[C@@H](n2cc(F)c(=O)[nH]c2=O)C[C@@H]1OCc1ccc(Cl)cc1. The Balaban J connectivity index is 1.67. The number of benzene rings is 1. The molecule has 0 saturated carbocycles. The normalized spacial score (nSPS) is 20.1. The third-order valence-electron chi connectivity index (χ3n) is 5.73. The molecule has 1 aliphatic heterocycles. The second kappa shape index (κ2) is 12.3. The number of aromatic amines is 1. The number of halogens is 2. The maximum Gasteiger partial charge on any atom is 0.330 e. The molecule has 3 rings (SSSR count). The van der Waals surface area contributed by atoms with Crippen molar-refractivity contribution in [2.75, 3.05) is 26.2 Å². The molecule has 11 heteroatoms. The van der Waals surface area contributed by atoms with Gasteiger partial charge in [-0.2, -0.15) is 4.39 Å². The zero-order chi connectivity index (χ0) is 24.7. The number of ether oxygens (including phenoxy) is 3. The van der Waals surface area contributed by atoms with Crippen LogP contribution in [0.3, 0.4) is 0 Å². The van der Waals surface area contributed by atoms with Crippen molar-refractivity contribution < 1.29 is 23.4 Å². The van der Waals surface area contributed by atoms with E-state index in [0.717, 1.165) is 29.4 Å². The minimum absolute atomic E-state index is 0.0839. The Morgan fingerprint density at radius 1 is 1.26 bits per heavy atom. The summed E-state index contributed by atoms with van der Waals surface area (Å²) < 4.78 is 32.1. The van der Waals surface area contributed by atoms with Gasteiger partial charge in [0, 0.05) is 18.0 Å². The zero-order valence-electron chi connectivity index (χ0n) is 19.2. The maximum atomic E-state index is 13.8. The van der Waals surface area contributed by atoms with Gasteiger partial charge in [-0.05, 0) is 30.8 Å². The standard InChI is InChI=1S/C23H29ClFN3O6/c1-3-27(4-2)10-9-21(29)33-14-19-18(32-13-15-5-7-16(24)8-6-15)11-20(34-19)28-12-17(25)22(30)26-23(28)31/h5-8,12,18-20H,3-4,9-11,13-14H2,1-2H3,(H,26,30,31)/t18-,19+,20+/m0/s1. The molecule has 1 aliphatic rings. The predicted molar refractivity (Wildman–Crippen MR) is 123 cm³/mol. The Labute approximate surface area is 201 Å². The van der Waals surface area contributed by atoms with Crippen LogP contribution in [0.15, 0.2) is 40.1 Å². The first-order valence-corrected chi connectivity index (χ1v) is 11.6. The Kier molecular flexibility index (Phi) is 9.40. The Morgan fingerprint density at radius 3 is 2.65 bits per heavy atom. The van der Waals surface area contributed by atoms with E-state index in [1.165, 1.54) is 0 Å². The van der Waals surface area contributed by atoms with Gasteiger partial charge in [0.25, 0.3) is 5.56 Å². The molecular weight excluding hydrogens is 469 g/mol. The highest BCUT2D eigenvalue weighted by Crippen LogP contribution is 2.31. The summed E-state index contributed by atoms with van der Waals surface area (Å²) in [6.07, 6.45) is -0.886. The molecule has 186 valence electrons. The highest BCUT2D eigenvalue weighted by atomic mass is 35.5. The summed E-state index contributed by atoms with van der Waals surface area (Å²) in [7, 11) is 0. The maximum absolute atomic E-state index is 13.8. The van der Waals surface area contributed by atoms with Crippen molar-refractivity contribution >= 4 is 17.6 Å². The third kappa shape index (κ3) is 6.99. The molecule has 2 aromatic rings. The van der Waals surface area contributed by atoms with Gasteiger partial charge in [0.05, 0.1) is 25.3 Å². The van der Waals surface area contributed by atoms with Crippen molar-refractivity contribution in [2.24, 2.45) is 0 Å². The number of carbonyl (C=O) groups excluding carboxylic acids is 1. The number of nitrogens with zero attached hydrogens (tertiary/aromatic N) is 2. The van der Waals surface area contributed by atoms with E-state index in [1.54, 1.807) is 12.1 Å². The second-order valence-corrected chi connectivity index (χ2v) is 8.38. The van der Waals surface area contributed by atoms with Crippen LogP contribution in [0.4, 0.5) is 4.39 Å². The fourth-order valence-electron chi connectivity index (χ4n) is 3.69. The molecule has 0 bridgehead atoms. The summed E-state index contributed by atoms with van der Waals surface area (Å²) in [4.78, 5) is 39.8. The Morgan fingerprint density at radius 2 is 1.97 bits per heavy atom. The monoisotopic (exact) mass is 497 g/mol. The van der Waals surface area contributed by atoms with Crippen molar-refractivity contribution in [3.05, 3.63) is 67.7 Å². The lowest BCUT2D eigenvalue weighted by atomic mass is 10.1. The first kappa shape index (κ1) is 26.1. The van der Waals surface area contributed by atoms with Crippen LogP contribution in [0.25, 0.3) is 0 Å². The van der Waals surface area contributed by atoms with E-state index in [0.29, 0.717) is 11.6 Å². The van der Waals surface area contributed by atoms with E-state index in [4.69, 9.17) is 25.8 Å². The molecule has 34 heavy (non-hydrogen) atoms. The molecule has 9 nitrogen and oxygen atoms in total. The van der Waals surface area contributed by atoms with Gasteiger partial charge >= 0.3 is 11.7 Å². The summed E-state index contributed by atoms with van der Waals surface area (Å²) >= 11 is 5.92. The number of H-pyrrole nitrogens is 1. The molecular formula is C23H29ClFN3O6. The fourth-order valence-corrected chi connectivity index (χ4v) is 3.82. The van der Waals surface area contributed by atoms with Gasteiger partial charge in [-0.15, -0.1) is 0 Å². The molecule has 0 aliphatic carbocycles. The number of hydrogen-bond donors (Lipinski definition) is 1. The molecule has 1 saturated heterocycles. The van der Waals surface area contributed by atoms with Gasteiger partial charge in [0.2, 0.25) is 5.82 Å². The quantitative estimate of drug-likeness (QED) is 0.476. The van der Waals surface area contributed by atoms with E-state index in [-0.39, 0.29) is 32.0 Å². The van der Waals surface area contributed by atoms with Gasteiger partial charge in [0.15, 0.2) is 0 Å². The molecule has 1 fully saturated rings. The highest BCUT2D eigenvalue weighted by molar-refractivity contribution is 6.30. The highest BCUT2D eigenvalue weighted by Gasteiger charge is 2.38. The third-order valence-corrected chi connectivity index (χ3v) is 5.98. The molecule has 0 spiro atoms. The number of aromatic nitrogens is 2. The molecule has 1 aromatic heterocycles. The summed E-state index contributed by atoms with van der Waals surface area (Å²) in [5.74, 6) is -1.48. The number of hydrogen-bond acceptors (Lipinski definition) is 7. The molecule has 0 unspecified atom stereocenters. The number of nitrogens with one attached hydrogen (secondary N) is 1. The van der Waals surface area contributed by atoms with Crippen LogP contribution < -0.4 is 11.2 Å². The second-order valence-electron chi connectivity index (χ2n) is 7.94. The summed E-state index contributed by atoms with van der Waals surface area (Å²) in [6.45, 7) is 6.45. The molecule has 0 amide bonds. The van der Waals surface area contributed by atoms with E-state index in [1.807, 2.05) is 31.0 Å². The van der Waals surface area contributed by atoms with E-state index < -0.39 is 35.5 Å². The van der Waals surface area contributed by atoms with Gasteiger partial charge in [0.1, 0.15) is 18.9 Å². The summed E-state index contributed by atoms with van der Waals surface area (Å²) in [5, 5.41) is 0.599. The van der Waals surface area contributed by atoms with Crippen LogP contribution in [0.2, 0.25) is 5.02 Å². The van der Waals surface area contributed by atoms with Crippen molar-refractivity contribution in [1.82, 2.24) is 14.5 Å². The van der Waals surface area contributed by atoms with E-state index >= 15 is 0 Å². The molecule has 0 radical (unpaired) electrons. The van der Waals surface area contributed by atoms with Crippen LogP contribution in [0, 0.1) is 5.82 Å². The lowest BCUT2D eigenvalue weighted by Crippen LogP contribution is -2.34. The van der Waals surface area contributed by atoms with Crippen LogP contribution >= 0.6 is 11.6 Å². The lowest BCUT2D eigenvalue weighted by molar-refractivity contribution is -0.151. The van der Waals surface area contributed by atoms with Gasteiger partial charge < -0.3 is 19.1 Å². The number of esters is 1. The number of carbonyl (C=O) groups is 1. The number of rotatable bonds is 11. The van der Waals surface area contributed by atoms with Crippen LogP contribution in [0.1, 0.15) is 38.5 Å². The van der Waals surface area contributed by atoms with Crippen LogP contribution in [0.5, 0.6) is 0 Å². The summed E-state index contributed by atoms with van der Waals surface area (Å²) in [5.41, 5.74) is -1.03. The Hall–Kier alpha value is -2.53. The zero-order valence-corrected chi connectivity index (χ0v) is 19.9. The van der Waals surface area contributed by atoms with Crippen LogP contribution in [-0.4, -0.2) is 58.9 Å². The van der Waals surface area contributed by atoms with Gasteiger partial charge in [-0.25, -0.2) is 4.79 Å². The van der Waals surface area contributed by atoms with E-state index in [9.17, 15) is 18.8 Å². The van der Waals surface area contributed by atoms with Crippen molar-refractivity contribution in [1.29, 1.82) is 0 Å². The van der Waals surface area contributed by atoms with Gasteiger partial charge in [-0.1, -0.05) is 37.6 Å². The van der Waals surface area contributed by atoms with Crippen molar-refractivity contribution in [3.63, 3.8) is 0 Å².